The van der Waals surface area contributed by atoms with Gasteiger partial charge in [0.15, 0.2) is 5.96 Å². The number of ether oxygens (including phenoxy) is 2. The van der Waals surface area contributed by atoms with Crippen LogP contribution in [0.5, 0.6) is 5.75 Å². The van der Waals surface area contributed by atoms with Gasteiger partial charge in [0.25, 0.3) is 0 Å². The predicted molar refractivity (Wildman–Crippen MR) is 115 cm³/mol. The highest BCUT2D eigenvalue weighted by molar-refractivity contribution is 8.93. The second-order valence-electron chi connectivity index (χ2n) is 5.70. The minimum absolute atomic E-state index is 0. The van der Waals surface area contributed by atoms with Crippen molar-refractivity contribution in [3.8, 4) is 5.75 Å². The van der Waals surface area contributed by atoms with E-state index in [-0.39, 0.29) is 17.0 Å². The Kier molecular flexibility index (Phi) is 11.9. The number of guanidine groups is 1. The Labute approximate surface area is 172 Å². The summed E-state index contributed by atoms with van der Waals surface area (Å²) in [6.07, 6.45) is 4.52. The fraction of sp³-hybridized carbons (Fsp3) is 0.400. The fourth-order valence-corrected chi connectivity index (χ4v) is 2.29. The van der Waals surface area contributed by atoms with Gasteiger partial charge < -0.3 is 20.1 Å². The summed E-state index contributed by atoms with van der Waals surface area (Å²) >= 11 is 0. The van der Waals surface area contributed by atoms with E-state index in [2.05, 4.69) is 20.6 Å². The summed E-state index contributed by atoms with van der Waals surface area (Å²) in [7, 11) is 1.67. The van der Waals surface area contributed by atoms with Gasteiger partial charge in [0, 0.05) is 38.7 Å². The third-order valence-corrected chi connectivity index (χ3v) is 3.75. The molecule has 0 aliphatic rings. The quantitative estimate of drug-likeness (QED) is 0.339. The maximum Gasteiger partial charge on any atom is 0.191 e. The number of pyridine rings is 1. The summed E-state index contributed by atoms with van der Waals surface area (Å²) in [4.78, 5) is 8.72. The number of nitrogens with one attached hydrogen (secondary N) is 2. The summed E-state index contributed by atoms with van der Waals surface area (Å²) in [5.41, 5.74) is 2.29. The molecule has 0 bridgehead atoms. The summed E-state index contributed by atoms with van der Waals surface area (Å²) < 4.78 is 10.6. The van der Waals surface area contributed by atoms with Gasteiger partial charge in [-0.2, -0.15) is 0 Å². The lowest BCUT2D eigenvalue weighted by Gasteiger charge is -2.13. The molecule has 1 aromatic heterocycles. The van der Waals surface area contributed by atoms with Gasteiger partial charge in [-0.15, -0.1) is 17.0 Å². The summed E-state index contributed by atoms with van der Waals surface area (Å²) in [5, 5.41) is 6.73. The van der Waals surface area contributed by atoms with Crippen LogP contribution in [0.25, 0.3) is 0 Å². The zero-order chi connectivity index (χ0) is 18.5. The van der Waals surface area contributed by atoms with Crippen molar-refractivity contribution < 1.29 is 9.47 Å². The highest BCUT2D eigenvalue weighted by Crippen LogP contribution is 2.11. The number of methoxy groups -OCH3 is 1. The summed E-state index contributed by atoms with van der Waals surface area (Å²) in [5.74, 6) is 1.64. The Morgan fingerprint density at radius 1 is 1.04 bits per heavy atom. The van der Waals surface area contributed by atoms with E-state index in [1.165, 1.54) is 0 Å². The molecule has 2 rings (SSSR count). The van der Waals surface area contributed by atoms with Crippen LogP contribution in [-0.2, 0) is 17.8 Å². The van der Waals surface area contributed by atoms with Crippen LogP contribution >= 0.6 is 17.0 Å². The van der Waals surface area contributed by atoms with Crippen LogP contribution in [0.4, 0.5) is 0 Å². The molecule has 0 unspecified atom stereocenters. The topological polar surface area (TPSA) is 67.8 Å². The van der Waals surface area contributed by atoms with Crippen molar-refractivity contribution in [1.82, 2.24) is 15.6 Å². The number of hydrogen-bond acceptors (Lipinski definition) is 4. The lowest BCUT2D eigenvalue weighted by atomic mass is 10.2. The number of hydrogen-bond donors (Lipinski definition) is 2. The molecule has 2 aromatic rings. The van der Waals surface area contributed by atoms with E-state index in [9.17, 15) is 0 Å². The molecule has 0 fully saturated rings. The zero-order valence-electron chi connectivity index (χ0n) is 16.0. The molecule has 148 valence electrons. The number of benzene rings is 1. The Hall–Kier alpha value is -2.12. The highest BCUT2D eigenvalue weighted by atomic mass is 79.9. The molecular weight excluding hydrogens is 408 g/mol. The van der Waals surface area contributed by atoms with E-state index in [1.54, 1.807) is 19.5 Å². The van der Waals surface area contributed by atoms with E-state index in [0.717, 1.165) is 49.0 Å². The largest absolute Gasteiger partial charge is 0.497 e. The standard InChI is InChI=1S/C20H28N4O2.BrH/c1-3-26-14-4-11-22-20(24-16-18-9-12-21-13-10-18)23-15-17-5-7-19(25-2)8-6-17;/h5-10,12-13H,3-4,11,14-16H2,1-2H3,(H2,22,23,24);1H. The first kappa shape index (κ1) is 22.9. The summed E-state index contributed by atoms with van der Waals surface area (Å²) in [6, 6.07) is 11.9. The van der Waals surface area contributed by atoms with Gasteiger partial charge in [0.1, 0.15) is 5.75 Å². The number of halogens is 1. The normalized spacial score (nSPS) is 10.8. The van der Waals surface area contributed by atoms with Crippen molar-refractivity contribution >= 4 is 22.9 Å². The second-order valence-corrected chi connectivity index (χ2v) is 5.70. The fourth-order valence-electron chi connectivity index (χ4n) is 2.29. The number of nitrogens with zero attached hydrogens (tertiary/aromatic N) is 2. The Bertz CT molecular complexity index is 651. The maximum absolute atomic E-state index is 5.38. The minimum atomic E-state index is 0. The molecule has 6 nitrogen and oxygen atoms in total. The molecule has 0 atom stereocenters. The van der Waals surface area contributed by atoms with E-state index in [1.807, 2.05) is 43.3 Å². The molecule has 1 heterocycles. The van der Waals surface area contributed by atoms with Crippen molar-refractivity contribution in [3.63, 3.8) is 0 Å². The highest BCUT2D eigenvalue weighted by Gasteiger charge is 2.00. The van der Waals surface area contributed by atoms with Crippen LogP contribution in [-0.4, -0.2) is 37.8 Å². The number of aromatic nitrogens is 1. The van der Waals surface area contributed by atoms with E-state index < -0.39 is 0 Å². The predicted octanol–water partition coefficient (Wildman–Crippen LogP) is 3.33. The van der Waals surface area contributed by atoms with E-state index in [0.29, 0.717) is 13.1 Å². The van der Waals surface area contributed by atoms with Crippen LogP contribution in [0.15, 0.2) is 53.8 Å². The SMILES string of the molecule is Br.CCOCCCNC(=NCc1ccc(OC)cc1)NCc1ccncc1. The van der Waals surface area contributed by atoms with Gasteiger partial charge in [-0.05, 0) is 48.7 Å². The van der Waals surface area contributed by atoms with Crippen molar-refractivity contribution in [1.29, 1.82) is 0 Å². The Morgan fingerprint density at radius 3 is 2.44 bits per heavy atom. The molecule has 1 aromatic carbocycles. The lowest BCUT2D eigenvalue weighted by molar-refractivity contribution is 0.145. The van der Waals surface area contributed by atoms with Gasteiger partial charge >= 0.3 is 0 Å². The van der Waals surface area contributed by atoms with Crippen LogP contribution < -0.4 is 15.4 Å². The molecule has 0 saturated carbocycles. The molecule has 7 heteroatoms. The molecule has 0 aliphatic carbocycles. The van der Waals surface area contributed by atoms with Gasteiger partial charge in [-0.1, -0.05) is 12.1 Å². The molecule has 0 amide bonds. The Morgan fingerprint density at radius 2 is 1.78 bits per heavy atom. The molecule has 0 aliphatic heterocycles. The summed E-state index contributed by atoms with van der Waals surface area (Å²) in [6.45, 7) is 5.61. The molecule has 27 heavy (non-hydrogen) atoms. The third-order valence-electron chi connectivity index (χ3n) is 3.75. The maximum atomic E-state index is 5.38. The first-order valence-corrected chi connectivity index (χ1v) is 8.93. The molecule has 0 saturated heterocycles. The van der Waals surface area contributed by atoms with Crippen LogP contribution in [0.2, 0.25) is 0 Å². The lowest BCUT2D eigenvalue weighted by Crippen LogP contribution is -2.37. The van der Waals surface area contributed by atoms with Gasteiger partial charge in [-0.25, -0.2) is 4.99 Å². The average Bonchev–Trinajstić information content (AvgIpc) is 2.70. The van der Waals surface area contributed by atoms with Gasteiger partial charge in [0.2, 0.25) is 0 Å². The Balaban J connectivity index is 0.00000364. The molecule has 0 spiro atoms. The second kappa shape index (κ2) is 14.0. The van der Waals surface area contributed by atoms with Crippen molar-refractivity contribution in [3.05, 3.63) is 59.9 Å². The smallest absolute Gasteiger partial charge is 0.191 e. The van der Waals surface area contributed by atoms with Crippen molar-refractivity contribution in [2.45, 2.75) is 26.4 Å². The molecule has 2 N–H and O–H groups in total. The minimum Gasteiger partial charge on any atom is -0.497 e. The third kappa shape index (κ3) is 9.40. The zero-order valence-corrected chi connectivity index (χ0v) is 17.7. The van der Waals surface area contributed by atoms with Crippen LogP contribution in [0.3, 0.4) is 0 Å². The first-order valence-electron chi connectivity index (χ1n) is 8.93. The monoisotopic (exact) mass is 436 g/mol. The molecule has 0 radical (unpaired) electrons. The average molecular weight is 437 g/mol. The van der Waals surface area contributed by atoms with Crippen molar-refractivity contribution in [2.24, 2.45) is 4.99 Å². The van der Waals surface area contributed by atoms with Crippen LogP contribution in [0.1, 0.15) is 24.5 Å². The number of aliphatic imine (C=N–C) groups is 1. The van der Waals surface area contributed by atoms with E-state index in [4.69, 9.17) is 9.47 Å². The van der Waals surface area contributed by atoms with Crippen LogP contribution in [0, 0.1) is 0 Å². The molecular formula is C20H29BrN4O2. The first-order chi connectivity index (χ1) is 12.8. The number of rotatable bonds is 10. The van der Waals surface area contributed by atoms with Crippen molar-refractivity contribution in [2.75, 3.05) is 26.9 Å². The van der Waals surface area contributed by atoms with E-state index >= 15 is 0 Å². The van der Waals surface area contributed by atoms with Gasteiger partial charge in [-0.3, -0.25) is 4.98 Å². The van der Waals surface area contributed by atoms with Gasteiger partial charge in [0.05, 0.1) is 13.7 Å².